The summed E-state index contributed by atoms with van der Waals surface area (Å²) in [6, 6.07) is 7.08. The number of rotatable bonds is 7. The lowest BCUT2D eigenvalue weighted by atomic mass is 9.97. The van der Waals surface area contributed by atoms with Crippen molar-refractivity contribution in [3.8, 4) is 5.75 Å². The Labute approximate surface area is 165 Å². The summed E-state index contributed by atoms with van der Waals surface area (Å²) in [5, 5.41) is 0. The summed E-state index contributed by atoms with van der Waals surface area (Å²) in [5.74, 6) is 1.59. The maximum absolute atomic E-state index is 12.8. The highest BCUT2D eigenvalue weighted by atomic mass is 32.2. The summed E-state index contributed by atoms with van der Waals surface area (Å²) in [6.45, 7) is 1.96. The number of benzene rings is 1. The fourth-order valence-electron chi connectivity index (χ4n) is 3.25. The molecule has 1 aromatic carbocycles. The molecule has 1 fully saturated rings. The van der Waals surface area contributed by atoms with E-state index in [4.69, 9.17) is 4.74 Å². The fourth-order valence-corrected chi connectivity index (χ4v) is 3.78. The van der Waals surface area contributed by atoms with E-state index >= 15 is 0 Å². The molecule has 28 heavy (non-hydrogen) atoms. The van der Waals surface area contributed by atoms with Gasteiger partial charge in [0.15, 0.2) is 0 Å². The minimum Gasteiger partial charge on any atom is -0.486 e. The van der Waals surface area contributed by atoms with Gasteiger partial charge in [0.2, 0.25) is 10.0 Å². The molecule has 1 saturated heterocycles. The van der Waals surface area contributed by atoms with Crippen LogP contribution < -0.4 is 9.46 Å². The van der Waals surface area contributed by atoms with E-state index in [0.717, 1.165) is 24.9 Å². The molecule has 1 aromatic heterocycles. The van der Waals surface area contributed by atoms with E-state index in [2.05, 4.69) is 9.71 Å². The number of carbonyl (C=O) groups is 1. The van der Waals surface area contributed by atoms with Crippen molar-refractivity contribution in [2.24, 2.45) is 13.0 Å². The summed E-state index contributed by atoms with van der Waals surface area (Å²) in [6.07, 6.45) is 6.50. The van der Waals surface area contributed by atoms with Crippen LogP contribution in [0.15, 0.2) is 36.7 Å². The van der Waals surface area contributed by atoms with Crippen LogP contribution in [0.2, 0.25) is 0 Å². The molecule has 1 N–H and O–H groups in total. The lowest BCUT2D eigenvalue weighted by Gasteiger charge is -2.32. The number of likely N-dealkylation sites (tertiary alicyclic amines) is 1. The van der Waals surface area contributed by atoms with Gasteiger partial charge in [0.05, 0.1) is 6.26 Å². The number of hydrogen-bond acceptors (Lipinski definition) is 5. The van der Waals surface area contributed by atoms with Crippen molar-refractivity contribution >= 4 is 15.9 Å². The zero-order chi connectivity index (χ0) is 20.1. The SMILES string of the molecule is Cn1ccnc1COc1ccc(C(=O)N2CCC[C@@H](CNS(C)(=O)=O)C2)cc1. The number of aryl methyl sites for hydroxylation is 1. The Balaban J connectivity index is 1.55. The molecule has 1 aliphatic heterocycles. The number of nitrogens with zero attached hydrogens (tertiary/aromatic N) is 3. The number of aromatic nitrogens is 2. The minimum absolute atomic E-state index is 0.0419. The number of sulfonamides is 1. The van der Waals surface area contributed by atoms with E-state index in [1.54, 1.807) is 35.4 Å². The third-order valence-corrected chi connectivity index (χ3v) is 5.52. The van der Waals surface area contributed by atoms with Crippen molar-refractivity contribution in [3.05, 3.63) is 48.0 Å². The van der Waals surface area contributed by atoms with E-state index in [1.807, 2.05) is 17.8 Å². The molecule has 2 aromatic rings. The first kappa shape index (κ1) is 20.3. The molecular formula is C19H26N4O4S. The average molecular weight is 407 g/mol. The first-order valence-corrected chi connectivity index (χ1v) is 11.1. The first-order chi connectivity index (χ1) is 13.3. The van der Waals surface area contributed by atoms with Gasteiger partial charge in [0.25, 0.3) is 5.91 Å². The molecule has 2 heterocycles. The van der Waals surface area contributed by atoms with Crippen molar-refractivity contribution in [2.75, 3.05) is 25.9 Å². The van der Waals surface area contributed by atoms with Crippen molar-refractivity contribution in [2.45, 2.75) is 19.4 Å². The van der Waals surface area contributed by atoms with E-state index in [-0.39, 0.29) is 11.8 Å². The molecule has 9 heteroatoms. The summed E-state index contributed by atoms with van der Waals surface area (Å²) in [7, 11) is -1.31. The number of piperidine rings is 1. The van der Waals surface area contributed by atoms with Crippen molar-refractivity contribution in [1.82, 2.24) is 19.2 Å². The molecule has 0 radical (unpaired) electrons. The maximum Gasteiger partial charge on any atom is 0.253 e. The summed E-state index contributed by atoms with van der Waals surface area (Å²) < 4.78 is 32.7. The highest BCUT2D eigenvalue weighted by Crippen LogP contribution is 2.20. The standard InChI is InChI=1S/C19H26N4O4S/c1-22-11-9-20-18(22)14-27-17-7-5-16(6-8-17)19(24)23-10-3-4-15(13-23)12-21-28(2,25)26/h5-9,11,15,21H,3-4,10,12-14H2,1-2H3/t15-/m0/s1. The number of ether oxygens (including phenoxy) is 1. The average Bonchev–Trinajstić information content (AvgIpc) is 3.09. The second kappa shape index (κ2) is 8.74. The third-order valence-electron chi connectivity index (χ3n) is 4.83. The quantitative estimate of drug-likeness (QED) is 0.750. The number of imidazole rings is 1. The number of carbonyl (C=O) groups excluding carboxylic acids is 1. The second-order valence-electron chi connectivity index (χ2n) is 7.15. The van der Waals surface area contributed by atoms with Crippen LogP contribution in [0.1, 0.15) is 29.0 Å². The lowest BCUT2D eigenvalue weighted by molar-refractivity contribution is 0.0676. The smallest absolute Gasteiger partial charge is 0.253 e. The molecule has 0 aliphatic carbocycles. The molecule has 1 amide bonds. The number of amides is 1. The van der Waals surface area contributed by atoms with Crippen LogP contribution in [0.4, 0.5) is 0 Å². The Morgan fingerprint density at radius 2 is 2.07 bits per heavy atom. The van der Waals surface area contributed by atoms with Gasteiger partial charge in [-0.2, -0.15) is 0 Å². The summed E-state index contributed by atoms with van der Waals surface area (Å²) >= 11 is 0. The first-order valence-electron chi connectivity index (χ1n) is 9.25. The fraction of sp³-hybridized carbons (Fsp3) is 0.474. The minimum atomic E-state index is -3.22. The van der Waals surface area contributed by atoms with Crippen LogP contribution in [0, 0.1) is 5.92 Å². The Morgan fingerprint density at radius 3 is 2.71 bits per heavy atom. The van der Waals surface area contributed by atoms with Crippen LogP contribution in [0.25, 0.3) is 0 Å². The Kier molecular flexibility index (Phi) is 6.35. The van der Waals surface area contributed by atoms with Gasteiger partial charge in [0.1, 0.15) is 18.2 Å². The summed E-state index contributed by atoms with van der Waals surface area (Å²) in [5.41, 5.74) is 0.598. The maximum atomic E-state index is 12.8. The zero-order valence-corrected chi connectivity index (χ0v) is 17.0. The van der Waals surface area contributed by atoms with Crippen molar-refractivity contribution in [1.29, 1.82) is 0 Å². The van der Waals surface area contributed by atoms with Crippen LogP contribution in [-0.4, -0.2) is 54.7 Å². The van der Waals surface area contributed by atoms with Crippen LogP contribution in [-0.2, 0) is 23.7 Å². The van der Waals surface area contributed by atoms with E-state index in [1.165, 1.54) is 0 Å². The van der Waals surface area contributed by atoms with Gasteiger partial charge in [0, 0.05) is 44.6 Å². The van der Waals surface area contributed by atoms with E-state index < -0.39 is 10.0 Å². The van der Waals surface area contributed by atoms with Gasteiger partial charge in [-0.25, -0.2) is 18.1 Å². The molecule has 8 nitrogen and oxygen atoms in total. The molecule has 1 aliphatic rings. The molecule has 0 unspecified atom stereocenters. The van der Waals surface area contributed by atoms with Crippen molar-refractivity contribution in [3.63, 3.8) is 0 Å². The largest absolute Gasteiger partial charge is 0.486 e. The second-order valence-corrected chi connectivity index (χ2v) is 8.98. The number of hydrogen-bond donors (Lipinski definition) is 1. The van der Waals surface area contributed by atoms with Crippen molar-refractivity contribution < 1.29 is 17.9 Å². The zero-order valence-electron chi connectivity index (χ0n) is 16.2. The topological polar surface area (TPSA) is 93.5 Å². The Morgan fingerprint density at radius 1 is 1.32 bits per heavy atom. The summed E-state index contributed by atoms with van der Waals surface area (Å²) in [4.78, 5) is 18.8. The molecule has 0 spiro atoms. The third kappa shape index (κ3) is 5.56. The Bertz CT molecular complexity index is 908. The highest BCUT2D eigenvalue weighted by Gasteiger charge is 2.25. The van der Waals surface area contributed by atoms with Gasteiger partial charge < -0.3 is 14.2 Å². The predicted molar refractivity (Wildman–Crippen MR) is 105 cm³/mol. The number of nitrogens with one attached hydrogen (secondary N) is 1. The normalized spacial score (nSPS) is 17.5. The Hall–Kier alpha value is -2.39. The van der Waals surface area contributed by atoms with Gasteiger partial charge in [-0.3, -0.25) is 4.79 Å². The monoisotopic (exact) mass is 406 g/mol. The van der Waals surface area contributed by atoms with E-state index in [9.17, 15) is 13.2 Å². The van der Waals surface area contributed by atoms with Crippen LogP contribution in [0.5, 0.6) is 5.75 Å². The molecule has 3 rings (SSSR count). The van der Waals surface area contributed by atoms with E-state index in [0.29, 0.717) is 37.6 Å². The van der Waals surface area contributed by atoms with Gasteiger partial charge in [-0.15, -0.1) is 0 Å². The van der Waals surface area contributed by atoms with Gasteiger partial charge >= 0.3 is 0 Å². The van der Waals surface area contributed by atoms with Gasteiger partial charge in [-0.1, -0.05) is 0 Å². The van der Waals surface area contributed by atoms with Gasteiger partial charge in [-0.05, 0) is 43.0 Å². The van der Waals surface area contributed by atoms with Crippen LogP contribution >= 0.6 is 0 Å². The lowest BCUT2D eigenvalue weighted by Crippen LogP contribution is -2.43. The molecule has 0 bridgehead atoms. The molecule has 0 saturated carbocycles. The molecule has 1 atom stereocenters. The van der Waals surface area contributed by atoms with Crippen LogP contribution in [0.3, 0.4) is 0 Å². The molecule has 152 valence electrons. The molecular weight excluding hydrogens is 380 g/mol. The predicted octanol–water partition coefficient (Wildman–Crippen LogP) is 1.40. The highest BCUT2D eigenvalue weighted by molar-refractivity contribution is 7.88.